The number of phenols is 1. The summed E-state index contributed by atoms with van der Waals surface area (Å²) >= 11 is 0. The quantitative estimate of drug-likeness (QED) is 0.242. The van der Waals surface area contributed by atoms with Crippen molar-refractivity contribution in [1.82, 2.24) is 0 Å². The first-order chi connectivity index (χ1) is 18.7. The lowest BCUT2D eigenvalue weighted by Gasteiger charge is -2.17. The van der Waals surface area contributed by atoms with Gasteiger partial charge in [-0.25, -0.2) is 8.42 Å². The summed E-state index contributed by atoms with van der Waals surface area (Å²) in [6.07, 6.45) is 3.32. The first-order valence-corrected chi connectivity index (χ1v) is 12.9. The van der Waals surface area contributed by atoms with Gasteiger partial charge < -0.3 is 38.3 Å². The Balaban J connectivity index is 2.11. The molecule has 3 rings (SSSR count). The molecule has 11 nitrogen and oxygen atoms in total. The predicted molar refractivity (Wildman–Crippen MR) is 147 cm³/mol. The fraction of sp³-hybridized carbons (Fsp3) is 0.259. The maximum Gasteiger partial charge on any atom is 0.262 e. The molecule has 0 aliphatic rings. The number of rotatable bonds is 12. The Morgan fingerprint density at radius 3 is 1.54 bits per heavy atom. The summed E-state index contributed by atoms with van der Waals surface area (Å²) in [7, 11) is 5.77. The second-order valence-electron chi connectivity index (χ2n) is 7.84. The molecule has 0 heterocycles. The zero-order valence-electron chi connectivity index (χ0n) is 22.6. The van der Waals surface area contributed by atoms with Crippen LogP contribution in [0.1, 0.15) is 11.1 Å². The summed E-state index contributed by atoms with van der Waals surface area (Å²) in [6.45, 7) is 0. The molecule has 0 unspecified atom stereocenters. The van der Waals surface area contributed by atoms with Crippen molar-refractivity contribution in [2.75, 3.05) is 54.5 Å². The van der Waals surface area contributed by atoms with E-state index in [1.54, 1.807) is 30.4 Å². The lowest BCUT2D eigenvalue weighted by molar-refractivity contribution is 0.323. The highest BCUT2D eigenvalue weighted by Gasteiger charge is 2.24. The normalized spacial score (nSPS) is 11.2. The number of anilines is 1. The number of hydrogen-bond donors (Lipinski definition) is 2. The summed E-state index contributed by atoms with van der Waals surface area (Å²) in [4.78, 5) is -0.182. The third kappa shape index (κ3) is 6.01. The number of benzene rings is 3. The minimum Gasteiger partial charge on any atom is -0.503 e. The van der Waals surface area contributed by atoms with E-state index in [-0.39, 0.29) is 33.6 Å². The van der Waals surface area contributed by atoms with Gasteiger partial charge in [0.2, 0.25) is 11.5 Å². The van der Waals surface area contributed by atoms with Crippen LogP contribution in [0.4, 0.5) is 5.69 Å². The van der Waals surface area contributed by atoms with Crippen LogP contribution in [0.25, 0.3) is 12.2 Å². The van der Waals surface area contributed by atoms with Crippen LogP contribution in [0.3, 0.4) is 0 Å². The number of sulfonamides is 1. The summed E-state index contributed by atoms with van der Waals surface area (Å²) in [5.74, 6) is 1.51. The Morgan fingerprint density at radius 2 is 1.10 bits per heavy atom. The molecule has 2 N–H and O–H groups in total. The van der Waals surface area contributed by atoms with Crippen molar-refractivity contribution >= 4 is 27.9 Å². The fourth-order valence-corrected chi connectivity index (χ4v) is 4.91. The first kappa shape index (κ1) is 29.1. The highest BCUT2D eigenvalue weighted by atomic mass is 32.2. The lowest BCUT2D eigenvalue weighted by atomic mass is 10.1. The van der Waals surface area contributed by atoms with Gasteiger partial charge in [0.15, 0.2) is 34.5 Å². The van der Waals surface area contributed by atoms with Crippen LogP contribution < -0.4 is 37.9 Å². The highest BCUT2D eigenvalue weighted by molar-refractivity contribution is 7.92. The molecule has 3 aromatic rings. The van der Waals surface area contributed by atoms with Crippen molar-refractivity contribution in [3.63, 3.8) is 0 Å². The second kappa shape index (κ2) is 12.4. The third-order valence-corrected chi connectivity index (χ3v) is 7.05. The molecular formula is C27H31NO10S. The molecule has 0 aromatic heterocycles. The molecule has 3 aromatic carbocycles. The molecule has 0 saturated heterocycles. The minimum atomic E-state index is -4.26. The predicted octanol–water partition coefficient (Wildman–Crippen LogP) is 4.42. The Bertz CT molecular complexity index is 1420. The number of phenolic OH excluding ortho intramolecular Hbond substituents is 1. The van der Waals surface area contributed by atoms with Gasteiger partial charge in [0.25, 0.3) is 10.0 Å². The van der Waals surface area contributed by atoms with E-state index in [1.807, 2.05) is 0 Å². The molecular weight excluding hydrogens is 530 g/mol. The Labute approximate surface area is 227 Å². The van der Waals surface area contributed by atoms with Gasteiger partial charge in [-0.2, -0.15) is 0 Å². The largest absolute Gasteiger partial charge is 0.503 e. The molecule has 0 aliphatic carbocycles. The number of methoxy groups -OCH3 is 7. The average molecular weight is 562 g/mol. The van der Waals surface area contributed by atoms with Gasteiger partial charge in [0.1, 0.15) is 5.69 Å². The molecule has 0 spiro atoms. The standard InChI is InChI=1S/C27H31NO10S/c1-32-19-11-10-17(9-8-16-12-20(33-2)26(37-6)21(13-16)34-3)24(25(19)29)28-39(30,31)18-14-22(35-4)27(38-7)23(15-18)36-5/h8-15,28-29H,1-7H3/b9-8-. The van der Waals surface area contributed by atoms with Crippen molar-refractivity contribution in [2.45, 2.75) is 4.90 Å². The molecule has 0 aliphatic heterocycles. The Kier molecular flexibility index (Phi) is 9.25. The van der Waals surface area contributed by atoms with Crippen LogP contribution in [0.15, 0.2) is 41.3 Å². The Hall–Kier alpha value is -4.45. The average Bonchev–Trinajstić information content (AvgIpc) is 2.95. The number of ether oxygens (including phenoxy) is 7. The zero-order valence-corrected chi connectivity index (χ0v) is 23.5. The summed E-state index contributed by atoms with van der Waals surface area (Å²) < 4.78 is 66.6. The number of hydrogen-bond acceptors (Lipinski definition) is 10. The molecule has 12 heteroatoms. The third-order valence-electron chi connectivity index (χ3n) is 5.72. The summed E-state index contributed by atoms with van der Waals surface area (Å²) in [5, 5.41) is 10.9. The van der Waals surface area contributed by atoms with E-state index in [0.717, 1.165) is 0 Å². The summed E-state index contributed by atoms with van der Waals surface area (Å²) in [5.41, 5.74) is 0.906. The van der Waals surface area contributed by atoms with Crippen LogP contribution in [0, 0.1) is 0 Å². The van der Waals surface area contributed by atoms with Crippen LogP contribution in [0.5, 0.6) is 46.0 Å². The topological polar surface area (TPSA) is 131 Å². The molecule has 0 bridgehead atoms. The molecule has 0 saturated carbocycles. The van der Waals surface area contributed by atoms with Crippen molar-refractivity contribution in [3.8, 4) is 46.0 Å². The number of nitrogens with one attached hydrogen (secondary N) is 1. The van der Waals surface area contributed by atoms with Gasteiger partial charge in [0.05, 0.1) is 54.7 Å². The van der Waals surface area contributed by atoms with E-state index in [9.17, 15) is 13.5 Å². The highest BCUT2D eigenvalue weighted by Crippen LogP contribution is 2.43. The molecule has 0 atom stereocenters. The maximum atomic E-state index is 13.5. The van der Waals surface area contributed by atoms with Crippen LogP contribution in [-0.4, -0.2) is 63.3 Å². The van der Waals surface area contributed by atoms with E-state index in [0.29, 0.717) is 28.4 Å². The van der Waals surface area contributed by atoms with Gasteiger partial charge in [-0.15, -0.1) is 0 Å². The van der Waals surface area contributed by atoms with Crippen LogP contribution in [0.2, 0.25) is 0 Å². The smallest absolute Gasteiger partial charge is 0.262 e. The fourth-order valence-electron chi connectivity index (χ4n) is 3.79. The zero-order chi connectivity index (χ0) is 28.7. The number of aromatic hydroxyl groups is 1. The van der Waals surface area contributed by atoms with Crippen molar-refractivity contribution in [1.29, 1.82) is 0 Å². The lowest BCUT2D eigenvalue weighted by Crippen LogP contribution is -2.14. The maximum absolute atomic E-state index is 13.5. The van der Waals surface area contributed by atoms with Crippen molar-refractivity contribution in [2.24, 2.45) is 0 Å². The van der Waals surface area contributed by atoms with Gasteiger partial charge in [-0.05, 0) is 29.8 Å². The van der Waals surface area contributed by atoms with E-state index in [2.05, 4.69) is 4.72 Å². The van der Waals surface area contributed by atoms with E-state index < -0.39 is 15.8 Å². The van der Waals surface area contributed by atoms with Gasteiger partial charge in [0, 0.05) is 17.7 Å². The van der Waals surface area contributed by atoms with Gasteiger partial charge in [-0.3, -0.25) is 4.72 Å². The van der Waals surface area contributed by atoms with Crippen molar-refractivity contribution in [3.05, 3.63) is 47.5 Å². The Morgan fingerprint density at radius 1 is 0.641 bits per heavy atom. The minimum absolute atomic E-state index is 0.0718. The second-order valence-corrected chi connectivity index (χ2v) is 9.52. The first-order valence-electron chi connectivity index (χ1n) is 11.4. The van der Waals surface area contributed by atoms with E-state index >= 15 is 0 Å². The van der Waals surface area contributed by atoms with E-state index in [4.69, 9.17) is 33.2 Å². The molecule has 0 fully saturated rings. The van der Waals surface area contributed by atoms with Gasteiger partial charge >= 0.3 is 0 Å². The molecule has 39 heavy (non-hydrogen) atoms. The molecule has 210 valence electrons. The monoisotopic (exact) mass is 561 g/mol. The SMILES string of the molecule is COc1ccc(/C=C\c2cc(OC)c(OC)c(OC)c2)c(NS(=O)(=O)c2cc(OC)c(OC)c(OC)c2)c1O. The van der Waals surface area contributed by atoms with Crippen LogP contribution >= 0.6 is 0 Å². The van der Waals surface area contributed by atoms with E-state index in [1.165, 1.54) is 68.0 Å². The summed E-state index contributed by atoms with van der Waals surface area (Å²) in [6, 6.07) is 9.13. The van der Waals surface area contributed by atoms with Crippen molar-refractivity contribution < 1.29 is 46.7 Å². The molecule has 0 amide bonds. The van der Waals surface area contributed by atoms with Crippen LogP contribution in [-0.2, 0) is 10.0 Å². The van der Waals surface area contributed by atoms with Gasteiger partial charge in [-0.1, -0.05) is 12.2 Å². The molecule has 0 radical (unpaired) electrons.